The lowest BCUT2D eigenvalue weighted by Crippen LogP contribution is -2.18. The summed E-state index contributed by atoms with van der Waals surface area (Å²) in [6.45, 7) is 0. The van der Waals surface area contributed by atoms with Crippen molar-refractivity contribution in [1.29, 1.82) is 0 Å². The zero-order valence-electron chi connectivity index (χ0n) is 11.7. The van der Waals surface area contributed by atoms with Crippen molar-refractivity contribution >= 4 is 0 Å². The quantitative estimate of drug-likeness (QED) is 0.901. The van der Waals surface area contributed by atoms with Gasteiger partial charge in [-0.3, -0.25) is 4.98 Å². The van der Waals surface area contributed by atoms with Crippen molar-refractivity contribution in [3.05, 3.63) is 65.5 Å². The molecule has 21 heavy (non-hydrogen) atoms. The minimum absolute atomic E-state index is 0.130. The van der Waals surface area contributed by atoms with Gasteiger partial charge in [0.2, 0.25) is 0 Å². The maximum absolute atomic E-state index is 12.8. The van der Waals surface area contributed by atoms with Crippen LogP contribution >= 0.6 is 0 Å². The predicted octanol–water partition coefficient (Wildman–Crippen LogP) is 3.99. The number of aromatic nitrogens is 1. The van der Waals surface area contributed by atoms with Crippen LogP contribution < -0.4 is 5.32 Å². The molecule has 0 aliphatic rings. The summed E-state index contributed by atoms with van der Waals surface area (Å²) in [6.07, 6.45) is -1.19. The highest BCUT2D eigenvalue weighted by Crippen LogP contribution is 2.31. The van der Waals surface area contributed by atoms with Gasteiger partial charge in [-0.2, -0.15) is 13.2 Å². The van der Waals surface area contributed by atoms with Gasteiger partial charge in [0.1, 0.15) is 0 Å². The Hall–Kier alpha value is -1.88. The molecule has 0 saturated heterocycles. The standard InChI is InChI=1S/C16H17F3N2/c1-20-15(9-8-14-7-2-3-10-21-14)12-5-4-6-13(11-12)16(17,18)19/h2-7,10-11,15,20H,8-9H2,1H3. The summed E-state index contributed by atoms with van der Waals surface area (Å²) in [7, 11) is 1.75. The van der Waals surface area contributed by atoms with Crippen molar-refractivity contribution < 1.29 is 13.2 Å². The van der Waals surface area contributed by atoms with E-state index >= 15 is 0 Å². The number of alkyl halides is 3. The monoisotopic (exact) mass is 294 g/mol. The molecule has 1 aromatic carbocycles. The van der Waals surface area contributed by atoms with Crippen LogP contribution in [0, 0.1) is 0 Å². The van der Waals surface area contributed by atoms with Gasteiger partial charge in [0.15, 0.2) is 0 Å². The Morgan fingerprint density at radius 3 is 2.57 bits per heavy atom. The number of benzene rings is 1. The minimum Gasteiger partial charge on any atom is -0.313 e. The third-order valence-electron chi connectivity index (χ3n) is 3.38. The van der Waals surface area contributed by atoms with Gasteiger partial charge in [0.25, 0.3) is 0 Å². The molecule has 112 valence electrons. The van der Waals surface area contributed by atoms with Crippen LogP contribution in [-0.2, 0) is 12.6 Å². The Labute approximate surface area is 122 Å². The van der Waals surface area contributed by atoms with Crippen molar-refractivity contribution in [1.82, 2.24) is 10.3 Å². The van der Waals surface area contributed by atoms with Crippen molar-refractivity contribution in [3.63, 3.8) is 0 Å². The second-order valence-electron chi connectivity index (χ2n) is 4.82. The summed E-state index contributed by atoms with van der Waals surface area (Å²) in [4.78, 5) is 4.23. The summed E-state index contributed by atoms with van der Waals surface area (Å²) < 4.78 is 38.3. The molecule has 1 unspecified atom stereocenters. The Kier molecular flexibility index (Phi) is 4.96. The van der Waals surface area contributed by atoms with Gasteiger partial charge in [-0.1, -0.05) is 18.2 Å². The summed E-state index contributed by atoms with van der Waals surface area (Å²) >= 11 is 0. The molecular weight excluding hydrogens is 277 g/mol. The summed E-state index contributed by atoms with van der Waals surface area (Å²) in [5.74, 6) is 0. The Bertz CT molecular complexity index is 567. The second-order valence-corrected chi connectivity index (χ2v) is 4.82. The molecule has 5 heteroatoms. The van der Waals surface area contributed by atoms with Crippen LogP contribution in [0.15, 0.2) is 48.7 Å². The van der Waals surface area contributed by atoms with Crippen LogP contribution in [0.2, 0.25) is 0 Å². The molecule has 0 radical (unpaired) electrons. The van der Waals surface area contributed by atoms with E-state index in [4.69, 9.17) is 0 Å². The number of hydrogen-bond acceptors (Lipinski definition) is 2. The summed E-state index contributed by atoms with van der Waals surface area (Å²) in [5, 5.41) is 3.07. The number of pyridine rings is 1. The van der Waals surface area contributed by atoms with Crippen molar-refractivity contribution in [2.75, 3.05) is 7.05 Å². The van der Waals surface area contributed by atoms with Crippen LogP contribution in [0.4, 0.5) is 13.2 Å². The maximum atomic E-state index is 12.8. The smallest absolute Gasteiger partial charge is 0.313 e. The average molecular weight is 294 g/mol. The lowest BCUT2D eigenvalue weighted by atomic mass is 9.99. The van der Waals surface area contributed by atoms with E-state index in [1.165, 1.54) is 12.1 Å². The van der Waals surface area contributed by atoms with Crippen LogP contribution in [0.5, 0.6) is 0 Å². The first-order valence-corrected chi connectivity index (χ1v) is 6.75. The first-order chi connectivity index (χ1) is 10.0. The number of aryl methyl sites for hydroxylation is 1. The number of nitrogens with zero attached hydrogens (tertiary/aromatic N) is 1. The van der Waals surface area contributed by atoms with E-state index in [-0.39, 0.29) is 6.04 Å². The third kappa shape index (κ3) is 4.29. The fourth-order valence-corrected chi connectivity index (χ4v) is 2.25. The number of rotatable bonds is 5. The van der Waals surface area contributed by atoms with Crippen LogP contribution in [0.3, 0.4) is 0 Å². The number of halogens is 3. The van der Waals surface area contributed by atoms with E-state index in [0.717, 1.165) is 11.8 Å². The lowest BCUT2D eigenvalue weighted by Gasteiger charge is -2.18. The van der Waals surface area contributed by atoms with E-state index in [0.29, 0.717) is 18.4 Å². The molecular formula is C16H17F3N2. The molecule has 0 aliphatic carbocycles. The molecule has 2 rings (SSSR count). The van der Waals surface area contributed by atoms with Crippen molar-refractivity contribution in [2.24, 2.45) is 0 Å². The fourth-order valence-electron chi connectivity index (χ4n) is 2.25. The predicted molar refractivity (Wildman–Crippen MR) is 75.8 cm³/mol. The zero-order valence-corrected chi connectivity index (χ0v) is 11.7. The third-order valence-corrected chi connectivity index (χ3v) is 3.38. The molecule has 0 amide bonds. The normalized spacial score (nSPS) is 13.1. The molecule has 0 saturated carbocycles. The average Bonchev–Trinajstić information content (AvgIpc) is 2.48. The molecule has 1 heterocycles. The second kappa shape index (κ2) is 6.72. The molecule has 1 aromatic heterocycles. The molecule has 2 aromatic rings. The Morgan fingerprint density at radius 2 is 1.95 bits per heavy atom. The van der Waals surface area contributed by atoms with Crippen molar-refractivity contribution in [2.45, 2.75) is 25.1 Å². The molecule has 2 nitrogen and oxygen atoms in total. The van der Waals surface area contributed by atoms with Crippen LogP contribution in [-0.4, -0.2) is 12.0 Å². The largest absolute Gasteiger partial charge is 0.416 e. The first kappa shape index (κ1) is 15.5. The topological polar surface area (TPSA) is 24.9 Å². The van der Waals surface area contributed by atoms with Gasteiger partial charge in [-0.05, 0) is 49.7 Å². The summed E-state index contributed by atoms with van der Waals surface area (Å²) in [5.41, 5.74) is 0.964. The maximum Gasteiger partial charge on any atom is 0.416 e. The molecule has 0 fully saturated rings. The molecule has 0 aliphatic heterocycles. The minimum atomic E-state index is -4.31. The highest BCUT2D eigenvalue weighted by molar-refractivity contribution is 5.28. The van der Waals surface area contributed by atoms with Gasteiger partial charge in [-0.15, -0.1) is 0 Å². The lowest BCUT2D eigenvalue weighted by molar-refractivity contribution is -0.137. The zero-order chi connectivity index (χ0) is 15.3. The van der Waals surface area contributed by atoms with E-state index in [1.54, 1.807) is 19.3 Å². The highest BCUT2D eigenvalue weighted by atomic mass is 19.4. The van der Waals surface area contributed by atoms with Gasteiger partial charge in [0.05, 0.1) is 5.56 Å². The van der Waals surface area contributed by atoms with Gasteiger partial charge in [-0.25, -0.2) is 0 Å². The first-order valence-electron chi connectivity index (χ1n) is 6.75. The molecule has 0 bridgehead atoms. The van der Waals surface area contributed by atoms with E-state index < -0.39 is 11.7 Å². The molecule has 1 atom stereocenters. The van der Waals surface area contributed by atoms with E-state index in [2.05, 4.69) is 10.3 Å². The molecule has 1 N–H and O–H groups in total. The van der Waals surface area contributed by atoms with Gasteiger partial charge in [0, 0.05) is 17.9 Å². The fraction of sp³-hybridized carbons (Fsp3) is 0.312. The summed E-state index contributed by atoms with van der Waals surface area (Å²) in [6, 6.07) is 11.0. The van der Waals surface area contributed by atoms with Crippen LogP contribution in [0.25, 0.3) is 0 Å². The highest BCUT2D eigenvalue weighted by Gasteiger charge is 2.30. The Morgan fingerprint density at radius 1 is 1.14 bits per heavy atom. The van der Waals surface area contributed by atoms with Gasteiger partial charge < -0.3 is 5.32 Å². The SMILES string of the molecule is CNC(CCc1ccccn1)c1cccc(C(F)(F)F)c1. The van der Waals surface area contributed by atoms with Crippen molar-refractivity contribution in [3.8, 4) is 0 Å². The van der Waals surface area contributed by atoms with Gasteiger partial charge >= 0.3 is 6.18 Å². The molecule has 0 spiro atoms. The van der Waals surface area contributed by atoms with E-state index in [1.807, 2.05) is 18.2 Å². The number of nitrogens with one attached hydrogen (secondary N) is 1. The number of hydrogen-bond donors (Lipinski definition) is 1. The van der Waals surface area contributed by atoms with E-state index in [9.17, 15) is 13.2 Å². The Balaban J connectivity index is 2.10. The van der Waals surface area contributed by atoms with Crippen LogP contribution in [0.1, 0.15) is 29.3 Å².